The number of allylic oxidation sites excluding steroid dienone is 3. The first-order valence-corrected chi connectivity index (χ1v) is 10.2. The molecule has 2 heterocycles. The molecule has 5 heteroatoms. The van der Waals surface area contributed by atoms with Crippen molar-refractivity contribution >= 4 is 33.3 Å². The summed E-state index contributed by atoms with van der Waals surface area (Å²) in [5.41, 5.74) is 1.17. The van der Waals surface area contributed by atoms with Crippen molar-refractivity contribution < 1.29 is 4.79 Å². The fraction of sp³-hybridized carbons (Fsp3) is 0.409. The van der Waals surface area contributed by atoms with Crippen molar-refractivity contribution in [3.05, 3.63) is 54.2 Å². The molecule has 1 amide bonds. The molecular weight excluding hydrogens is 354 g/mol. The molecule has 0 saturated heterocycles. The van der Waals surface area contributed by atoms with Crippen LogP contribution in [0.5, 0.6) is 0 Å². The van der Waals surface area contributed by atoms with Gasteiger partial charge in [0, 0.05) is 17.7 Å². The van der Waals surface area contributed by atoms with Gasteiger partial charge in [-0.1, -0.05) is 45.1 Å². The van der Waals surface area contributed by atoms with E-state index in [2.05, 4.69) is 35.0 Å². The van der Waals surface area contributed by atoms with E-state index in [0.717, 1.165) is 35.3 Å². The zero-order valence-electron chi connectivity index (χ0n) is 17.4. The van der Waals surface area contributed by atoms with Gasteiger partial charge < -0.3 is 5.32 Å². The van der Waals surface area contributed by atoms with E-state index < -0.39 is 0 Å². The Kier molecular flexibility index (Phi) is 12.7. The summed E-state index contributed by atoms with van der Waals surface area (Å²) < 4.78 is 0. The van der Waals surface area contributed by atoms with Crippen molar-refractivity contribution in [3.8, 4) is 0 Å². The van der Waals surface area contributed by atoms with E-state index in [0.29, 0.717) is 12.2 Å². The van der Waals surface area contributed by atoms with Crippen LogP contribution in [-0.2, 0) is 11.2 Å². The second-order valence-corrected chi connectivity index (χ2v) is 6.62. The van der Waals surface area contributed by atoms with Crippen LogP contribution >= 0.6 is 11.3 Å². The Morgan fingerprint density at radius 3 is 2.48 bits per heavy atom. The normalized spacial score (nSPS) is 10.3. The molecule has 0 spiro atoms. The van der Waals surface area contributed by atoms with Crippen LogP contribution in [0.4, 0.5) is 5.82 Å². The Morgan fingerprint density at radius 1 is 1.26 bits per heavy atom. The van der Waals surface area contributed by atoms with E-state index in [1.165, 1.54) is 10.5 Å². The SMILES string of the molecule is C=C.C=C/C(=C\C)CCCC(=O)Nc1nc(CC)nc2sc(C)cc12.CC. The fourth-order valence-corrected chi connectivity index (χ4v) is 3.25. The van der Waals surface area contributed by atoms with Crippen LogP contribution in [0.3, 0.4) is 0 Å². The number of hydrogen-bond donors (Lipinski definition) is 1. The number of nitrogens with zero attached hydrogens (tertiary/aromatic N) is 2. The standard InChI is InChI=1S/C18H23N3OS.C2H6.C2H4/c1-5-13(6-2)9-8-10-16(22)21-17-14-11-12(4)23-18(14)20-15(7-3)19-17;2*1-2/h5-6,11H,1,7-10H2,2-4H3,(H,19,20,21,22);1-2H3;1-2H2/b13-6+;;. The van der Waals surface area contributed by atoms with Gasteiger partial charge in [-0.25, -0.2) is 9.97 Å². The number of nitrogens with one attached hydrogen (secondary N) is 1. The minimum absolute atomic E-state index is 0.00424. The topological polar surface area (TPSA) is 54.9 Å². The molecule has 0 radical (unpaired) electrons. The van der Waals surface area contributed by atoms with Gasteiger partial charge in [-0.3, -0.25) is 4.79 Å². The van der Waals surface area contributed by atoms with Crippen LogP contribution in [0.2, 0.25) is 0 Å². The average Bonchev–Trinajstić information content (AvgIpc) is 3.08. The van der Waals surface area contributed by atoms with Crippen LogP contribution in [0.15, 0.2) is 43.5 Å². The lowest BCUT2D eigenvalue weighted by Gasteiger charge is -2.07. The molecule has 0 aliphatic carbocycles. The monoisotopic (exact) mass is 387 g/mol. The number of carbonyl (C=O) groups excluding carboxylic acids is 1. The number of amides is 1. The highest BCUT2D eigenvalue weighted by Gasteiger charge is 2.12. The first-order chi connectivity index (χ1) is 13.1. The Labute approximate surface area is 168 Å². The minimum Gasteiger partial charge on any atom is -0.310 e. The fourth-order valence-electron chi connectivity index (χ4n) is 2.35. The molecular formula is C22H33N3OS. The second-order valence-electron chi connectivity index (χ2n) is 5.39. The van der Waals surface area contributed by atoms with Gasteiger partial charge in [-0.15, -0.1) is 24.5 Å². The Hall–Kier alpha value is -2.27. The average molecular weight is 388 g/mol. The lowest BCUT2D eigenvalue weighted by molar-refractivity contribution is -0.116. The largest absolute Gasteiger partial charge is 0.310 e. The predicted molar refractivity (Wildman–Crippen MR) is 121 cm³/mol. The molecule has 27 heavy (non-hydrogen) atoms. The Morgan fingerprint density at radius 2 is 1.93 bits per heavy atom. The summed E-state index contributed by atoms with van der Waals surface area (Å²) in [6.45, 7) is 19.8. The van der Waals surface area contributed by atoms with Gasteiger partial charge in [-0.05, 0) is 32.8 Å². The highest BCUT2D eigenvalue weighted by Crippen LogP contribution is 2.28. The summed E-state index contributed by atoms with van der Waals surface area (Å²) in [7, 11) is 0. The summed E-state index contributed by atoms with van der Waals surface area (Å²) in [6.07, 6.45) is 6.76. The number of thiophene rings is 1. The number of fused-ring (bicyclic) bond motifs is 1. The Bertz CT molecular complexity index is 762. The van der Waals surface area contributed by atoms with Crippen LogP contribution < -0.4 is 5.32 Å². The lowest BCUT2D eigenvalue weighted by atomic mass is 10.1. The molecule has 0 aromatic carbocycles. The van der Waals surface area contributed by atoms with Gasteiger partial charge in [0.05, 0.1) is 5.39 Å². The molecule has 0 fully saturated rings. The molecule has 0 bridgehead atoms. The lowest BCUT2D eigenvalue weighted by Crippen LogP contribution is -2.13. The zero-order valence-corrected chi connectivity index (χ0v) is 18.2. The maximum absolute atomic E-state index is 12.2. The quantitative estimate of drug-likeness (QED) is 0.428. The first-order valence-electron chi connectivity index (χ1n) is 9.41. The van der Waals surface area contributed by atoms with E-state index in [1.807, 2.05) is 52.8 Å². The summed E-state index contributed by atoms with van der Waals surface area (Å²) in [6, 6.07) is 2.03. The van der Waals surface area contributed by atoms with Gasteiger partial charge >= 0.3 is 0 Å². The minimum atomic E-state index is -0.00424. The van der Waals surface area contributed by atoms with E-state index in [9.17, 15) is 4.79 Å². The van der Waals surface area contributed by atoms with Gasteiger partial charge in [0.2, 0.25) is 5.91 Å². The van der Waals surface area contributed by atoms with Gasteiger partial charge in [0.25, 0.3) is 0 Å². The van der Waals surface area contributed by atoms with Crippen molar-refractivity contribution in [1.82, 2.24) is 9.97 Å². The second kappa shape index (κ2) is 13.9. The van der Waals surface area contributed by atoms with Crippen molar-refractivity contribution in [2.24, 2.45) is 0 Å². The number of aryl methyl sites for hydroxylation is 2. The van der Waals surface area contributed by atoms with Crippen molar-refractivity contribution in [3.63, 3.8) is 0 Å². The smallest absolute Gasteiger partial charge is 0.225 e. The molecule has 0 saturated carbocycles. The van der Waals surface area contributed by atoms with Gasteiger partial charge in [0.15, 0.2) is 0 Å². The molecule has 0 aliphatic rings. The molecule has 4 nitrogen and oxygen atoms in total. The molecule has 2 rings (SSSR count). The summed E-state index contributed by atoms with van der Waals surface area (Å²) in [4.78, 5) is 23.3. The zero-order chi connectivity index (χ0) is 20.8. The summed E-state index contributed by atoms with van der Waals surface area (Å²) in [5.74, 6) is 1.39. The maximum Gasteiger partial charge on any atom is 0.225 e. The van der Waals surface area contributed by atoms with Crippen molar-refractivity contribution in [2.75, 3.05) is 5.32 Å². The number of aromatic nitrogens is 2. The van der Waals surface area contributed by atoms with E-state index in [1.54, 1.807) is 11.3 Å². The third-order valence-electron chi connectivity index (χ3n) is 3.64. The number of carbonyl (C=O) groups is 1. The van der Waals surface area contributed by atoms with Crippen molar-refractivity contribution in [2.45, 2.75) is 60.3 Å². The number of rotatable bonds is 7. The van der Waals surface area contributed by atoms with Crippen LogP contribution in [0.25, 0.3) is 10.2 Å². The van der Waals surface area contributed by atoms with E-state index >= 15 is 0 Å². The third kappa shape index (κ3) is 7.87. The van der Waals surface area contributed by atoms with Crippen LogP contribution in [0, 0.1) is 6.92 Å². The van der Waals surface area contributed by atoms with Gasteiger partial charge in [0.1, 0.15) is 16.5 Å². The predicted octanol–water partition coefficient (Wildman–Crippen LogP) is 6.63. The molecule has 0 aliphatic heterocycles. The van der Waals surface area contributed by atoms with Gasteiger partial charge in [-0.2, -0.15) is 0 Å². The molecule has 2 aromatic rings. The highest BCUT2D eigenvalue weighted by atomic mass is 32.1. The number of anilines is 1. The molecule has 1 N–H and O–H groups in total. The Balaban J connectivity index is 0.00000158. The highest BCUT2D eigenvalue weighted by molar-refractivity contribution is 7.18. The van der Waals surface area contributed by atoms with Crippen LogP contribution in [0.1, 0.15) is 57.7 Å². The van der Waals surface area contributed by atoms with E-state index in [-0.39, 0.29) is 5.91 Å². The van der Waals surface area contributed by atoms with Crippen LogP contribution in [-0.4, -0.2) is 15.9 Å². The molecule has 0 unspecified atom stereocenters. The first kappa shape index (κ1) is 24.7. The summed E-state index contributed by atoms with van der Waals surface area (Å²) >= 11 is 1.63. The molecule has 0 atom stereocenters. The van der Waals surface area contributed by atoms with Crippen molar-refractivity contribution in [1.29, 1.82) is 0 Å². The third-order valence-corrected chi connectivity index (χ3v) is 4.58. The molecule has 2 aromatic heterocycles. The maximum atomic E-state index is 12.2. The van der Waals surface area contributed by atoms with E-state index in [4.69, 9.17) is 0 Å². The summed E-state index contributed by atoms with van der Waals surface area (Å²) in [5, 5.41) is 3.88. The molecule has 148 valence electrons. The number of hydrogen-bond acceptors (Lipinski definition) is 4.